The number of rotatable bonds is 6. The minimum absolute atomic E-state index is 0.0765. The average Bonchev–Trinajstić information content (AvgIpc) is 3.29. The van der Waals surface area contributed by atoms with Gasteiger partial charge in [0.05, 0.1) is 16.8 Å². The summed E-state index contributed by atoms with van der Waals surface area (Å²) in [5.74, 6) is -0.408. The van der Waals surface area contributed by atoms with E-state index in [1.54, 1.807) is 0 Å². The Morgan fingerprint density at radius 3 is 2.50 bits per heavy atom. The molecule has 108 valence electrons. The first-order valence-corrected chi connectivity index (χ1v) is 8.27. The molecule has 2 fully saturated rings. The molecule has 0 unspecified atom stereocenters. The molecule has 20 heavy (non-hydrogen) atoms. The maximum atomic E-state index is 12.1. The first-order valence-electron chi connectivity index (χ1n) is 6.72. The molecule has 1 N–H and O–H groups in total. The van der Waals surface area contributed by atoms with Crippen LogP contribution in [0.15, 0.2) is 23.1 Å². The summed E-state index contributed by atoms with van der Waals surface area (Å²) < 4.78 is 29.7. The number of aromatic carboxylic acids is 1. The lowest BCUT2D eigenvalue weighted by atomic mass is 10.2. The van der Waals surface area contributed by atoms with Gasteiger partial charge < -0.3 is 9.84 Å². The summed E-state index contributed by atoms with van der Waals surface area (Å²) in [6.45, 7) is 0.495. The summed E-state index contributed by atoms with van der Waals surface area (Å²) in [5.41, 5.74) is -0.0765. The Labute approximate surface area is 117 Å². The van der Waals surface area contributed by atoms with Crippen LogP contribution in [0, 0.1) is 5.92 Å². The van der Waals surface area contributed by atoms with Crippen LogP contribution in [0.1, 0.15) is 36.0 Å². The molecule has 1 aromatic carbocycles. The van der Waals surface area contributed by atoms with Crippen molar-refractivity contribution in [2.24, 2.45) is 5.92 Å². The van der Waals surface area contributed by atoms with Crippen LogP contribution in [0.3, 0.4) is 0 Å². The molecule has 2 saturated carbocycles. The Kier molecular flexibility index (Phi) is 3.20. The second-order valence-electron chi connectivity index (χ2n) is 5.46. The molecule has 0 aromatic heterocycles. The SMILES string of the molecule is O=C(O)c1cc(S(=O)(=O)C2CC2)ccc1OCC1CC1. The highest BCUT2D eigenvalue weighted by molar-refractivity contribution is 7.92. The summed E-state index contributed by atoms with van der Waals surface area (Å²) in [6.07, 6.45) is 3.53. The van der Waals surface area contributed by atoms with Gasteiger partial charge in [0.15, 0.2) is 9.84 Å². The smallest absolute Gasteiger partial charge is 0.339 e. The maximum absolute atomic E-state index is 12.1. The van der Waals surface area contributed by atoms with E-state index in [2.05, 4.69) is 0 Å². The highest BCUT2D eigenvalue weighted by Crippen LogP contribution is 2.35. The van der Waals surface area contributed by atoms with Crippen LogP contribution in [-0.4, -0.2) is 31.4 Å². The fraction of sp³-hybridized carbons (Fsp3) is 0.500. The van der Waals surface area contributed by atoms with Crippen LogP contribution in [-0.2, 0) is 9.84 Å². The lowest BCUT2D eigenvalue weighted by molar-refractivity contribution is 0.0691. The van der Waals surface area contributed by atoms with Crippen molar-refractivity contribution in [2.75, 3.05) is 6.61 Å². The van der Waals surface area contributed by atoms with E-state index in [0.29, 0.717) is 25.4 Å². The van der Waals surface area contributed by atoms with E-state index in [9.17, 15) is 18.3 Å². The van der Waals surface area contributed by atoms with Crippen LogP contribution in [0.25, 0.3) is 0 Å². The number of benzene rings is 1. The van der Waals surface area contributed by atoms with Crippen LogP contribution >= 0.6 is 0 Å². The molecule has 0 amide bonds. The molecule has 2 aliphatic carbocycles. The highest BCUT2D eigenvalue weighted by Gasteiger charge is 2.37. The van der Waals surface area contributed by atoms with Gasteiger partial charge in [0.25, 0.3) is 0 Å². The molecule has 0 spiro atoms. The van der Waals surface area contributed by atoms with Gasteiger partial charge in [0, 0.05) is 0 Å². The number of sulfone groups is 1. The summed E-state index contributed by atoms with van der Waals surface area (Å²) >= 11 is 0. The number of hydrogen-bond donors (Lipinski definition) is 1. The van der Waals surface area contributed by atoms with Crippen molar-refractivity contribution in [2.45, 2.75) is 35.8 Å². The second kappa shape index (κ2) is 4.77. The van der Waals surface area contributed by atoms with Crippen molar-refractivity contribution in [3.63, 3.8) is 0 Å². The number of ether oxygens (including phenoxy) is 1. The van der Waals surface area contributed by atoms with E-state index in [1.165, 1.54) is 18.2 Å². The molecule has 6 heteroatoms. The third-order valence-corrected chi connectivity index (χ3v) is 5.90. The zero-order valence-electron chi connectivity index (χ0n) is 10.9. The largest absolute Gasteiger partial charge is 0.492 e. The number of carbonyl (C=O) groups is 1. The maximum Gasteiger partial charge on any atom is 0.339 e. The lowest BCUT2D eigenvalue weighted by Gasteiger charge is -2.10. The topological polar surface area (TPSA) is 80.7 Å². The monoisotopic (exact) mass is 296 g/mol. The Hall–Kier alpha value is -1.56. The van der Waals surface area contributed by atoms with Gasteiger partial charge in [-0.1, -0.05) is 0 Å². The number of hydrogen-bond acceptors (Lipinski definition) is 4. The first-order chi connectivity index (χ1) is 9.48. The quantitative estimate of drug-likeness (QED) is 0.869. The molecule has 0 radical (unpaired) electrons. The molecule has 3 rings (SSSR count). The summed E-state index contributed by atoms with van der Waals surface area (Å²) in [6, 6.07) is 4.13. The van der Waals surface area contributed by atoms with Crippen LogP contribution in [0.4, 0.5) is 0 Å². The third-order valence-electron chi connectivity index (χ3n) is 3.64. The van der Waals surface area contributed by atoms with Gasteiger partial charge in [-0.2, -0.15) is 0 Å². The van der Waals surface area contributed by atoms with E-state index in [0.717, 1.165) is 12.8 Å². The van der Waals surface area contributed by atoms with Crippen molar-refractivity contribution >= 4 is 15.8 Å². The minimum atomic E-state index is -3.38. The van der Waals surface area contributed by atoms with Crippen LogP contribution in [0.2, 0.25) is 0 Å². The molecule has 0 bridgehead atoms. The minimum Gasteiger partial charge on any atom is -0.492 e. The number of carboxylic acid groups (broad SMARTS) is 1. The van der Waals surface area contributed by atoms with E-state index < -0.39 is 15.8 Å². The van der Waals surface area contributed by atoms with E-state index in [1.807, 2.05) is 0 Å². The Bertz CT molecular complexity index is 642. The van der Waals surface area contributed by atoms with E-state index in [-0.39, 0.29) is 21.5 Å². The highest BCUT2D eigenvalue weighted by atomic mass is 32.2. The zero-order valence-corrected chi connectivity index (χ0v) is 11.7. The van der Waals surface area contributed by atoms with Crippen LogP contribution in [0.5, 0.6) is 5.75 Å². The Balaban J connectivity index is 1.90. The van der Waals surface area contributed by atoms with Crippen LogP contribution < -0.4 is 4.74 Å². The molecule has 0 atom stereocenters. The van der Waals surface area contributed by atoms with Gasteiger partial charge in [-0.25, -0.2) is 13.2 Å². The normalized spacial score (nSPS) is 18.8. The van der Waals surface area contributed by atoms with Crippen molar-refractivity contribution in [1.29, 1.82) is 0 Å². The Morgan fingerprint density at radius 1 is 1.25 bits per heavy atom. The molecule has 1 aromatic rings. The van der Waals surface area contributed by atoms with Gasteiger partial charge in [0.2, 0.25) is 0 Å². The fourth-order valence-electron chi connectivity index (χ4n) is 2.04. The average molecular weight is 296 g/mol. The molecule has 0 saturated heterocycles. The predicted octanol–water partition coefficient (Wildman–Crippen LogP) is 2.11. The standard InChI is InChI=1S/C14H16O5S/c15-14(16)12-7-11(20(17,18)10-3-4-10)5-6-13(12)19-8-9-1-2-9/h5-7,9-10H,1-4,8H2,(H,15,16). The summed E-state index contributed by atoms with van der Waals surface area (Å²) in [4.78, 5) is 11.4. The van der Waals surface area contributed by atoms with Gasteiger partial charge in [-0.15, -0.1) is 0 Å². The molecule has 2 aliphatic rings. The Morgan fingerprint density at radius 2 is 1.95 bits per heavy atom. The molecule has 0 heterocycles. The zero-order chi connectivity index (χ0) is 14.3. The first kappa shape index (κ1) is 13.4. The number of carboxylic acids is 1. The van der Waals surface area contributed by atoms with Crippen molar-refractivity contribution in [3.05, 3.63) is 23.8 Å². The second-order valence-corrected chi connectivity index (χ2v) is 7.69. The molecular formula is C14H16O5S. The van der Waals surface area contributed by atoms with Crippen molar-refractivity contribution in [3.8, 4) is 5.75 Å². The predicted molar refractivity (Wildman–Crippen MR) is 71.8 cm³/mol. The van der Waals surface area contributed by atoms with Gasteiger partial charge in [0.1, 0.15) is 11.3 Å². The third kappa shape index (κ3) is 2.65. The van der Waals surface area contributed by atoms with Gasteiger partial charge >= 0.3 is 5.97 Å². The van der Waals surface area contributed by atoms with E-state index >= 15 is 0 Å². The van der Waals surface area contributed by atoms with Gasteiger partial charge in [-0.3, -0.25) is 0 Å². The van der Waals surface area contributed by atoms with Gasteiger partial charge in [-0.05, 0) is 49.8 Å². The lowest BCUT2D eigenvalue weighted by Crippen LogP contribution is -2.10. The van der Waals surface area contributed by atoms with Crippen molar-refractivity contribution in [1.82, 2.24) is 0 Å². The van der Waals surface area contributed by atoms with Crippen molar-refractivity contribution < 1.29 is 23.1 Å². The summed E-state index contributed by atoms with van der Waals surface area (Å²) in [5, 5.41) is 8.87. The molecular weight excluding hydrogens is 280 g/mol. The van der Waals surface area contributed by atoms with E-state index in [4.69, 9.17) is 4.74 Å². The summed E-state index contributed by atoms with van der Waals surface area (Å²) in [7, 11) is -3.38. The molecule has 5 nitrogen and oxygen atoms in total. The fourth-order valence-corrected chi connectivity index (χ4v) is 3.72. The molecule has 0 aliphatic heterocycles.